The molecule has 14 heteroatoms. The molecule has 5 aliphatic carbocycles. The van der Waals surface area contributed by atoms with E-state index in [4.69, 9.17) is 20.6 Å². The lowest BCUT2D eigenvalue weighted by atomic mass is 9.64. The van der Waals surface area contributed by atoms with Gasteiger partial charge < -0.3 is 56.7 Å². The van der Waals surface area contributed by atoms with Gasteiger partial charge in [-0.05, 0) is 135 Å². The molecule has 1 saturated heterocycles. The van der Waals surface area contributed by atoms with E-state index in [9.17, 15) is 20.4 Å². The van der Waals surface area contributed by atoms with Crippen molar-refractivity contribution in [3.63, 3.8) is 0 Å². The standard InChI is InChI=1S/C52H78N6O6S2/c1-31-10-13-35-20-38(29-65-66-30-45(31)58-51(54)55-3)43(53)23-34(35)7-4-5-9-48-37(27-59)22-40(64-48)14-11-33-12-15-46(61)49(19-33)63-28-47(62)44-24-41-42(26-56-25-32(2)60)52-17-6-8-39(52)21-36(16-18-52)50(41)57-44/h12,15-16,18-19,22,24,31-32,34-36,38-39,42-43,45,47,56-57,59-62H,4-11,13-14,17,20-21,23,25-30,53H2,1-3H3,(H3,54,55,58)/t31-,32+,34+,35-,36+,38-,39-,42-,43-,45-,47+,52-/m1/s1. The number of aliphatic hydroxyl groups excluding tert-OH is 3. The van der Waals surface area contributed by atoms with Gasteiger partial charge in [0.25, 0.3) is 0 Å². The summed E-state index contributed by atoms with van der Waals surface area (Å²) in [5, 5.41) is 49.6. The Morgan fingerprint density at radius 3 is 2.71 bits per heavy atom. The number of benzene rings is 1. The Hall–Kier alpha value is -3.11. The molecule has 2 aromatic heterocycles. The minimum Gasteiger partial charge on any atom is -0.504 e. The van der Waals surface area contributed by atoms with Crippen molar-refractivity contribution in [2.75, 3.05) is 38.2 Å². The first-order chi connectivity index (χ1) is 31.9. The fraction of sp³-hybridized carbons (Fsp3) is 0.673. The van der Waals surface area contributed by atoms with Gasteiger partial charge in [0.15, 0.2) is 17.5 Å². The molecule has 1 spiro atoms. The number of aliphatic imine (C=N–C) groups is 1. The van der Waals surface area contributed by atoms with Crippen molar-refractivity contribution in [3.8, 4) is 11.5 Å². The average molecular weight is 947 g/mol. The zero-order chi connectivity index (χ0) is 46.4. The smallest absolute Gasteiger partial charge is 0.188 e. The predicted molar refractivity (Wildman–Crippen MR) is 268 cm³/mol. The number of phenolic OH excluding ortho intramolecular Hbond substituents is 1. The first-order valence-electron chi connectivity index (χ1n) is 25.1. The number of aryl methyl sites for hydroxylation is 3. The molecule has 6 aliphatic rings. The Morgan fingerprint density at radius 2 is 1.89 bits per heavy atom. The SMILES string of the molecule is CN=C(N)N[C@@H]1CSSC[C@H]2C[C@@H](CC[C@H]1C)[C@@H](CCCCc1oc(CCc3ccc(O)c(OC[C@H](O)c4cc5c([nH]4)[C@H]4C=C[C@@]6(CCC[C@@H]6C4)[C@@H]5CNC[C@H](C)O)c3)cc1CO)C[C@H]2N. The largest absolute Gasteiger partial charge is 0.504 e. The number of nitrogens with one attached hydrogen (secondary N) is 3. The second kappa shape index (κ2) is 22.5. The summed E-state index contributed by atoms with van der Waals surface area (Å²) in [6.07, 6.45) is 18.4. The molecule has 1 aromatic carbocycles. The summed E-state index contributed by atoms with van der Waals surface area (Å²) in [6, 6.07) is 10.1. The number of aromatic amines is 1. The van der Waals surface area contributed by atoms with Crippen LogP contribution >= 0.6 is 21.6 Å². The third-order valence-corrected chi connectivity index (χ3v) is 18.8. The van der Waals surface area contributed by atoms with Crippen molar-refractivity contribution in [1.82, 2.24) is 15.6 Å². The van der Waals surface area contributed by atoms with Crippen molar-refractivity contribution in [2.45, 2.75) is 146 Å². The van der Waals surface area contributed by atoms with Crippen LogP contribution in [0.4, 0.5) is 0 Å². The van der Waals surface area contributed by atoms with E-state index < -0.39 is 12.2 Å². The summed E-state index contributed by atoms with van der Waals surface area (Å²) in [5.41, 5.74) is 18.1. The van der Waals surface area contributed by atoms with Crippen molar-refractivity contribution < 1.29 is 29.6 Å². The maximum atomic E-state index is 11.5. The molecule has 0 amide bonds. The topological polar surface area (TPSA) is 208 Å². The number of aliphatic hydroxyl groups is 3. The zero-order valence-electron chi connectivity index (χ0n) is 39.6. The molecule has 4 bridgehead atoms. The molecule has 3 fully saturated rings. The highest BCUT2D eigenvalue weighted by molar-refractivity contribution is 8.76. The maximum Gasteiger partial charge on any atom is 0.188 e. The van der Waals surface area contributed by atoms with Crippen LogP contribution < -0.4 is 26.8 Å². The molecule has 12 nitrogen and oxygen atoms in total. The molecule has 3 heterocycles. The predicted octanol–water partition coefficient (Wildman–Crippen LogP) is 8.00. The highest BCUT2D eigenvalue weighted by atomic mass is 33.1. The van der Waals surface area contributed by atoms with Gasteiger partial charge in [-0.3, -0.25) is 4.99 Å². The minimum atomic E-state index is -0.906. The Kier molecular flexibility index (Phi) is 16.8. The van der Waals surface area contributed by atoms with Gasteiger partial charge in [0.1, 0.15) is 24.2 Å². The first-order valence-corrected chi connectivity index (χ1v) is 27.6. The number of guanidine groups is 1. The molecule has 11 N–H and O–H groups in total. The lowest BCUT2D eigenvalue weighted by Gasteiger charge is -2.41. The zero-order valence-corrected chi connectivity index (χ0v) is 41.2. The highest BCUT2D eigenvalue weighted by Crippen LogP contribution is 2.62. The van der Waals surface area contributed by atoms with Crippen molar-refractivity contribution in [1.29, 1.82) is 0 Å². The number of unbranched alkanes of at least 4 members (excludes halogenated alkanes) is 1. The van der Waals surface area contributed by atoms with Gasteiger partial charge in [-0.15, -0.1) is 0 Å². The Labute approximate surface area is 400 Å². The summed E-state index contributed by atoms with van der Waals surface area (Å²) in [5.74, 6) is 8.27. The van der Waals surface area contributed by atoms with E-state index in [2.05, 4.69) is 45.8 Å². The van der Waals surface area contributed by atoms with E-state index in [1.54, 1.807) is 13.1 Å². The number of allylic oxidation sites excluding steroid dienone is 2. The van der Waals surface area contributed by atoms with Crippen LogP contribution in [-0.4, -0.2) is 87.8 Å². The first kappa shape index (κ1) is 49.3. The Bertz CT molecular complexity index is 2110. The lowest BCUT2D eigenvalue weighted by Crippen LogP contribution is -2.45. The number of nitrogens with two attached hydrogens (primary N) is 2. The van der Waals surface area contributed by atoms with E-state index in [1.165, 1.54) is 49.8 Å². The number of hydrogen-bond donors (Lipinski definition) is 9. The molecular formula is C52H78N6O6S2. The number of fused-ring (bicyclic) bond motifs is 2. The van der Waals surface area contributed by atoms with E-state index in [-0.39, 0.29) is 36.3 Å². The van der Waals surface area contributed by atoms with Gasteiger partial charge in [0, 0.05) is 85.4 Å². The number of aromatic nitrogens is 1. The van der Waals surface area contributed by atoms with Crippen LogP contribution in [0.25, 0.3) is 0 Å². The van der Waals surface area contributed by atoms with Crippen LogP contribution in [0.3, 0.4) is 0 Å². The third-order valence-electron chi connectivity index (χ3n) is 16.3. The Balaban J connectivity index is 0.832. The van der Waals surface area contributed by atoms with Gasteiger partial charge in [-0.25, -0.2) is 0 Å². The van der Waals surface area contributed by atoms with Crippen LogP contribution in [0.5, 0.6) is 11.5 Å². The fourth-order valence-electron chi connectivity index (χ4n) is 12.4. The minimum absolute atomic E-state index is 0.00729. The van der Waals surface area contributed by atoms with Crippen LogP contribution in [-0.2, 0) is 25.9 Å². The van der Waals surface area contributed by atoms with Crippen LogP contribution in [0.1, 0.15) is 142 Å². The average Bonchev–Trinajstić information content (AvgIpc) is 4.03. The number of aromatic hydroxyl groups is 1. The maximum absolute atomic E-state index is 11.5. The summed E-state index contributed by atoms with van der Waals surface area (Å²) >= 11 is 0. The molecule has 364 valence electrons. The molecule has 0 radical (unpaired) electrons. The second-order valence-electron chi connectivity index (χ2n) is 20.6. The number of H-pyrrole nitrogens is 1. The van der Waals surface area contributed by atoms with Crippen LogP contribution in [0.2, 0.25) is 0 Å². The van der Waals surface area contributed by atoms with Gasteiger partial charge >= 0.3 is 0 Å². The number of furan rings is 1. The number of hydrogen-bond acceptors (Lipinski definition) is 11. The highest BCUT2D eigenvalue weighted by Gasteiger charge is 2.53. The quantitative estimate of drug-likeness (QED) is 0.0196. The summed E-state index contributed by atoms with van der Waals surface area (Å²) in [6.45, 7) is 5.43. The molecule has 2 saturated carbocycles. The Morgan fingerprint density at radius 1 is 1.05 bits per heavy atom. The lowest BCUT2D eigenvalue weighted by molar-refractivity contribution is 0.103. The molecule has 0 unspecified atom stereocenters. The molecular weight excluding hydrogens is 869 g/mol. The number of rotatable bonds is 18. The second-order valence-corrected chi connectivity index (χ2v) is 23.2. The normalized spacial score (nSPS) is 30.8. The monoisotopic (exact) mass is 947 g/mol. The number of ether oxygens (including phenoxy) is 1. The number of nitrogens with zero attached hydrogens (tertiary/aromatic N) is 1. The van der Waals surface area contributed by atoms with Crippen molar-refractivity contribution >= 4 is 27.5 Å². The summed E-state index contributed by atoms with van der Waals surface area (Å²) < 4.78 is 12.5. The summed E-state index contributed by atoms with van der Waals surface area (Å²) in [7, 11) is 5.64. The van der Waals surface area contributed by atoms with Gasteiger partial charge in [-0.1, -0.05) is 66.0 Å². The molecule has 9 rings (SSSR count). The van der Waals surface area contributed by atoms with E-state index in [1.807, 2.05) is 46.7 Å². The molecule has 3 aromatic rings. The molecule has 66 heavy (non-hydrogen) atoms. The molecule has 1 aliphatic heterocycles. The van der Waals surface area contributed by atoms with E-state index in [0.717, 1.165) is 84.9 Å². The number of phenols is 1. The summed E-state index contributed by atoms with van der Waals surface area (Å²) in [4.78, 5) is 7.78. The van der Waals surface area contributed by atoms with E-state index in [0.29, 0.717) is 72.6 Å². The third kappa shape index (κ3) is 11.5. The fourth-order valence-corrected chi connectivity index (χ4v) is 15.3. The van der Waals surface area contributed by atoms with Gasteiger partial charge in [-0.2, -0.15) is 0 Å². The van der Waals surface area contributed by atoms with Crippen LogP contribution in [0.15, 0.2) is 51.9 Å². The van der Waals surface area contributed by atoms with Crippen molar-refractivity contribution in [3.05, 3.63) is 82.1 Å². The van der Waals surface area contributed by atoms with Crippen LogP contribution in [0, 0.1) is 35.0 Å². The molecule has 12 atom stereocenters. The van der Waals surface area contributed by atoms with Crippen molar-refractivity contribution in [2.24, 2.45) is 51.5 Å². The van der Waals surface area contributed by atoms with E-state index >= 15 is 0 Å². The van der Waals surface area contributed by atoms with Gasteiger partial charge in [0.05, 0.1) is 12.7 Å². The van der Waals surface area contributed by atoms with Gasteiger partial charge in [0.2, 0.25) is 0 Å².